The molecule has 0 saturated carbocycles. The van der Waals surface area contributed by atoms with Crippen molar-refractivity contribution in [3.05, 3.63) is 51.2 Å². The molecular weight excluding hydrogens is 266 g/mol. The number of hydrogen-bond acceptors (Lipinski definition) is 3. The Bertz CT molecular complexity index is 499. The van der Waals surface area contributed by atoms with Crippen LogP contribution in [0.1, 0.15) is 22.9 Å². The molecule has 0 aliphatic rings. The number of thiophene rings is 1. The summed E-state index contributed by atoms with van der Waals surface area (Å²) in [5.41, 5.74) is 7.23. The van der Waals surface area contributed by atoms with E-state index in [1.165, 1.54) is 4.88 Å². The van der Waals surface area contributed by atoms with Gasteiger partial charge < -0.3 is 10.5 Å². The lowest BCUT2D eigenvalue weighted by Gasteiger charge is -2.15. The molecule has 0 amide bonds. The van der Waals surface area contributed by atoms with Gasteiger partial charge in [-0.25, -0.2) is 0 Å². The summed E-state index contributed by atoms with van der Waals surface area (Å²) in [5, 5.41) is 2.75. The molecule has 0 radical (unpaired) electrons. The van der Waals surface area contributed by atoms with Crippen LogP contribution in [0.25, 0.3) is 0 Å². The third kappa shape index (κ3) is 3.25. The first-order valence-corrected chi connectivity index (χ1v) is 7.08. The average molecular weight is 282 g/mol. The van der Waals surface area contributed by atoms with Crippen molar-refractivity contribution in [3.8, 4) is 5.75 Å². The van der Waals surface area contributed by atoms with Crippen molar-refractivity contribution in [2.45, 2.75) is 18.9 Å². The number of rotatable bonds is 5. The summed E-state index contributed by atoms with van der Waals surface area (Å²) in [4.78, 5) is 1.36. The van der Waals surface area contributed by atoms with Crippen molar-refractivity contribution < 1.29 is 4.74 Å². The Balaban J connectivity index is 2.06. The lowest BCUT2D eigenvalue weighted by molar-refractivity contribution is 0.404. The second-order valence-corrected chi connectivity index (χ2v) is 5.58. The number of methoxy groups -OCH3 is 1. The van der Waals surface area contributed by atoms with E-state index in [-0.39, 0.29) is 6.04 Å². The molecule has 0 fully saturated rings. The molecule has 1 aromatic heterocycles. The highest BCUT2D eigenvalue weighted by Crippen LogP contribution is 2.29. The zero-order valence-corrected chi connectivity index (χ0v) is 11.8. The average Bonchev–Trinajstić information content (AvgIpc) is 2.88. The molecule has 1 heterocycles. The van der Waals surface area contributed by atoms with Crippen LogP contribution in [0.2, 0.25) is 5.02 Å². The zero-order chi connectivity index (χ0) is 13.0. The molecule has 0 saturated heterocycles. The molecule has 0 bridgehead atoms. The van der Waals surface area contributed by atoms with Crippen molar-refractivity contribution in [3.63, 3.8) is 0 Å². The molecule has 2 N–H and O–H groups in total. The van der Waals surface area contributed by atoms with E-state index in [4.69, 9.17) is 22.1 Å². The Hall–Kier alpha value is -1.03. The van der Waals surface area contributed by atoms with Gasteiger partial charge in [-0.2, -0.15) is 0 Å². The second kappa shape index (κ2) is 6.23. The van der Waals surface area contributed by atoms with Crippen molar-refractivity contribution in [1.29, 1.82) is 0 Å². The van der Waals surface area contributed by atoms with Crippen molar-refractivity contribution in [2.75, 3.05) is 7.11 Å². The number of hydrogen-bond donors (Lipinski definition) is 1. The Morgan fingerprint density at radius 2 is 2.22 bits per heavy atom. The van der Waals surface area contributed by atoms with Gasteiger partial charge in [0.25, 0.3) is 0 Å². The van der Waals surface area contributed by atoms with Gasteiger partial charge >= 0.3 is 0 Å². The highest BCUT2D eigenvalue weighted by atomic mass is 35.5. The first-order valence-electron chi connectivity index (χ1n) is 5.82. The highest BCUT2D eigenvalue weighted by molar-refractivity contribution is 7.09. The molecule has 2 nitrogen and oxygen atoms in total. The fourth-order valence-electron chi connectivity index (χ4n) is 1.90. The largest absolute Gasteiger partial charge is 0.496 e. The third-order valence-electron chi connectivity index (χ3n) is 2.88. The van der Waals surface area contributed by atoms with Crippen LogP contribution in [0.5, 0.6) is 5.75 Å². The van der Waals surface area contributed by atoms with E-state index < -0.39 is 0 Å². The molecule has 1 unspecified atom stereocenters. The van der Waals surface area contributed by atoms with Crippen molar-refractivity contribution in [1.82, 2.24) is 0 Å². The van der Waals surface area contributed by atoms with Gasteiger partial charge in [-0.3, -0.25) is 0 Å². The molecule has 0 aliphatic carbocycles. The zero-order valence-electron chi connectivity index (χ0n) is 10.2. The SMILES string of the molecule is COc1cc(Cl)ccc1C(N)CCc1cccs1. The second-order valence-electron chi connectivity index (χ2n) is 4.11. The maximum atomic E-state index is 6.22. The minimum Gasteiger partial charge on any atom is -0.496 e. The van der Waals surface area contributed by atoms with Crippen LogP contribution in [0, 0.1) is 0 Å². The summed E-state index contributed by atoms with van der Waals surface area (Å²) in [5.74, 6) is 0.765. The summed E-state index contributed by atoms with van der Waals surface area (Å²) in [7, 11) is 1.64. The van der Waals surface area contributed by atoms with Gasteiger partial charge in [0.05, 0.1) is 7.11 Å². The Labute approximate surface area is 116 Å². The molecule has 1 aromatic carbocycles. The van der Waals surface area contributed by atoms with E-state index in [0.29, 0.717) is 5.02 Å². The molecule has 18 heavy (non-hydrogen) atoms. The quantitative estimate of drug-likeness (QED) is 0.898. The number of ether oxygens (including phenoxy) is 1. The number of halogens is 1. The van der Waals surface area contributed by atoms with Gasteiger partial charge in [0.2, 0.25) is 0 Å². The Morgan fingerprint density at radius 3 is 2.89 bits per heavy atom. The lowest BCUT2D eigenvalue weighted by atomic mass is 10.0. The van der Waals surface area contributed by atoms with Crippen molar-refractivity contribution >= 4 is 22.9 Å². The number of aryl methyl sites for hydroxylation is 1. The van der Waals surface area contributed by atoms with Crippen LogP contribution in [0.4, 0.5) is 0 Å². The van der Waals surface area contributed by atoms with Gasteiger partial charge in [0, 0.05) is 21.5 Å². The summed E-state index contributed by atoms with van der Waals surface area (Å²) in [6.45, 7) is 0. The van der Waals surface area contributed by atoms with Gasteiger partial charge in [-0.15, -0.1) is 11.3 Å². The molecule has 2 aromatic rings. The van der Waals surface area contributed by atoms with E-state index >= 15 is 0 Å². The Kier molecular flexibility index (Phi) is 4.64. The Morgan fingerprint density at radius 1 is 1.39 bits per heavy atom. The summed E-state index contributed by atoms with van der Waals surface area (Å²) in [6, 6.07) is 9.77. The predicted molar refractivity (Wildman–Crippen MR) is 77.6 cm³/mol. The highest BCUT2D eigenvalue weighted by Gasteiger charge is 2.12. The maximum Gasteiger partial charge on any atom is 0.125 e. The van der Waals surface area contributed by atoms with Gasteiger partial charge in [-0.1, -0.05) is 23.7 Å². The molecule has 0 spiro atoms. The van der Waals surface area contributed by atoms with Crippen LogP contribution >= 0.6 is 22.9 Å². The standard InChI is InChI=1S/C14H16ClNOS/c1-17-14-9-10(15)4-6-12(14)13(16)7-5-11-3-2-8-18-11/h2-4,6,8-9,13H,5,7,16H2,1H3. The van der Waals surface area contributed by atoms with Crippen LogP contribution in [-0.4, -0.2) is 7.11 Å². The monoisotopic (exact) mass is 281 g/mol. The van der Waals surface area contributed by atoms with Gasteiger partial charge in [0.1, 0.15) is 5.75 Å². The normalized spacial score (nSPS) is 12.4. The number of benzene rings is 1. The summed E-state index contributed by atoms with van der Waals surface area (Å²) >= 11 is 7.70. The maximum absolute atomic E-state index is 6.22. The number of nitrogens with two attached hydrogens (primary N) is 1. The van der Waals surface area contributed by atoms with Crippen LogP contribution in [0.3, 0.4) is 0 Å². The fraction of sp³-hybridized carbons (Fsp3) is 0.286. The predicted octanol–water partition coefficient (Wildman–Crippen LogP) is 4.04. The molecule has 2 rings (SSSR count). The van der Waals surface area contributed by atoms with Crippen LogP contribution in [-0.2, 0) is 6.42 Å². The molecule has 1 atom stereocenters. The first kappa shape index (κ1) is 13.4. The van der Waals surface area contributed by atoms with E-state index in [2.05, 4.69) is 17.5 Å². The molecule has 4 heteroatoms. The topological polar surface area (TPSA) is 35.2 Å². The van der Waals surface area contributed by atoms with E-state index in [0.717, 1.165) is 24.2 Å². The van der Waals surface area contributed by atoms with Crippen molar-refractivity contribution in [2.24, 2.45) is 5.73 Å². The van der Waals surface area contributed by atoms with Crippen LogP contribution in [0.15, 0.2) is 35.7 Å². The molecule has 0 aliphatic heterocycles. The molecular formula is C14H16ClNOS. The van der Waals surface area contributed by atoms with Gasteiger partial charge in [0.15, 0.2) is 0 Å². The summed E-state index contributed by atoms with van der Waals surface area (Å²) in [6.07, 6.45) is 1.89. The van der Waals surface area contributed by atoms with Gasteiger partial charge in [-0.05, 0) is 36.4 Å². The smallest absolute Gasteiger partial charge is 0.125 e. The molecule has 96 valence electrons. The first-order chi connectivity index (χ1) is 8.70. The van der Waals surface area contributed by atoms with Crippen LogP contribution < -0.4 is 10.5 Å². The lowest BCUT2D eigenvalue weighted by Crippen LogP contribution is -2.12. The minimum atomic E-state index is -0.0284. The van der Waals surface area contributed by atoms with E-state index in [1.807, 2.05) is 18.2 Å². The summed E-state index contributed by atoms with van der Waals surface area (Å²) < 4.78 is 5.32. The van der Waals surface area contributed by atoms with E-state index in [1.54, 1.807) is 18.4 Å². The van der Waals surface area contributed by atoms with E-state index in [9.17, 15) is 0 Å². The third-order valence-corrected chi connectivity index (χ3v) is 4.05. The minimum absolute atomic E-state index is 0.0284. The fourth-order valence-corrected chi connectivity index (χ4v) is 2.79.